The van der Waals surface area contributed by atoms with Crippen LogP contribution in [0.2, 0.25) is 0 Å². The van der Waals surface area contributed by atoms with Gasteiger partial charge in [-0.25, -0.2) is 9.78 Å². The summed E-state index contributed by atoms with van der Waals surface area (Å²) >= 11 is 0. The van der Waals surface area contributed by atoms with Crippen molar-refractivity contribution in [2.24, 2.45) is 7.05 Å². The molecular weight excluding hydrogens is 406 g/mol. The summed E-state index contributed by atoms with van der Waals surface area (Å²) in [5.74, 6) is -0.577. The standard InChI is InChI=1S/C24H19N5O3/c1-29-21-18(11-17(22(29)30)10-14-2-4-15(5-3-14)23(31)32)13-26-24(28-21)27-19-6-7-20-16(12-19)8-9-25-20/h2-9,11-13,25H,10H2,1H3,(H,31,32)(H,26,27,28). The van der Waals surface area contributed by atoms with Gasteiger partial charge in [-0.1, -0.05) is 12.1 Å². The predicted octanol–water partition coefficient (Wildman–Crippen LogP) is 3.84. The number of aromatic amines is 1. The number of pyridine rings is 1. The molecule has 5 rings (SSSR count). The van der Waals surface area contributed by atoms with Gasteiger partial charge in [0.15, 0.2) is 0 Å². The van der Waals surface area contributed by atoms with Gasteiger partial charge in [-0.3, -0.25) is 9.36 Å². The highest BCUT2D eigenvalue weighted by Crippen LogP contribution is 2.21. The molecule has 3 N–H and O–H groups in total. The molecule has 158 valence electrons. The fraction of sp³-hybridized carbons (Fsp3) is 0.0833. The molecule has 0 saturated heterocycles. The first-order valence-electron chi connectivity index (χ1n) is 10.00. The summed E-state index contributed by atoms with van der Waals surface area (Å²) in [5, 5.41) is 14.1. The largest absolute Gasteiger partial charge is 0.478 e. The summed E-state index contributed by atoms with van der Waals surface area (Å²) in [5.41, 5.74) is 3.92. The van der Waals surface area contributed by atoms with Gasteiger partial charge in [0.25, 0.3) is 5.56 Å². The lowest BCUT2D eigenvalue weighted by Gasteiger charge is -2.10. The second kappa shape index (κ2) is 7.66. The number of aromatic carboxylic acids is 1. The Bertz CT molecular complexity index is 1530. The number of hydrogen-bond donors (Lipinski definition) is 3. The summed E-state index contributed by atoms with van der Waals surface area (Å²) in [6, 6.07) is 16.2. The molecule has 8 heteroatoms. The molecule has 3 aromatic heterocycles. The third-order valence-electron chi connectivity index (χ3n) is 5.43. The summed E-state index contributed by atoms with van der Waals surface area (Å²) in [6.45, 7) is 0. The highest BCUT2D eigenvalue weighted by Gasteiger charge is 2.11. The molecule has 0 amide bonds. The number of hydrogen-bond acceptors (Lipinski definition) is 5. The predicted molar refractivity (Wildman–Crippen MR) is 123 cm³/mol. The van der Waals surface area contributed by atoms with Crippen LogP contribution in [0.25, 0.3) is 21.9 Å². The lowest BCUT2D eigenvalue weighted by atomic mass is 10.0. The minimum absolute atomic E-state index is 0.154. The quantitative estimate of drug-likeness (QED) is 0.394. The molecule has 32 heavy (non-hydrogen) atoms. The Morgan fingerprint density at radius 3 is 2.69 bits per heavy atom. The van der Waals surface area contributed by atoms with Crippen LogP contribution in [-0.4, -0.2) is 30.6 Å². The van der Waals surface area contributed by atoms with Gasteiger partial charge < -0.3 is 15.4 Å². The highest BCUT2D eigenvalue weighted by molar-refractivity contribution is 5.87. The van der Waals surface area contributed by atoms with Gasteiger partial charge in [0.2, 0.25) is 5.95 Å². The average molecular weight is 425 g/mol. The van der Waals surface area contributed by atoms with Crippen molar-refractivity contribution >= 4 is 39.5 Å². The minimum atomic E-state index is -0.979. The number of nitrogens with one attached hydrogen (secondary N) is 2. The zero-order chi connectivity index (χ0) is 22.2. The Morgan fingerprint density at radius 2 is 1.91 bits per heavy atom. The van der Waals surface area contributed by atoms with E-state index in [4.69, 9.17) is 5.11 Å². The second-order valence-electron chi connectivity index (χ2n) is 7.59. The van der Waals surface area contributed by atoms with E-state index in [0.717, 1.165) is 27.5 Å². The molecular formula is C24H19N5O3. The first kappa shape index (κ1) is 19.5. The van der Waals surface area contributed by atoms with E-state index in [1.165, 1.54) is 16.7 Å². The molecule has 0 aliphatic heterocycles. The number of carbonyl (C=O) groups is 1. The average Bonchev–Trinajstić information content (AvgIpc) is 3.26. The van der Waals surface area contributed by atoms with Crippen LogP contribution in [0.3, 0.4) is 0 Å². The number of benzene rings is 2. The number of aromatic nitrogens is 4. The summed E-state index contributed by atoms with van der Waals surface area (Å²) in [4.78, 5) is 36.1. The molecule has 0 saturated carbocycles. The molecule has 2 aromatic carbocycles. The van der Waals surface area contributed by atoms with E-state index in [-0.39, 0.29) is 11.1 Å². The maximum atomic E-state index is 12.9. The van der Waals surface area contributed by atoms with E-state index < -0.39 is 5.97 Å². The van der Waals surface area contributed by atoms with Crippen molar-refractivity contribution in [2.75, 3.05) is 5.32 Å². The first-order valence-corrected chi connectivity index (χ1v) is 10.00. The van der Waals surface area contributed by atoms with Crippen LogP contribution < -0.4 is 10.9 Å². The van der Waals surface area contributed by atoms with E-state index in [2.05, 4.69) is 20.3 Å². The first-order chi connectivity index (χ1) is 15.5. The number of fused-ring (bicyclic) bond motifs is 2. The van der Waals surface area contributed by atoms with E-state index in [1.807, 2.05) is 30.5 Å². The third kappa shape index (κ3) is 3.58. The van der Waals surface area contributed by atoms with Gasteiger partial charge in [0, 0.05) is 53.4 Å². The van der Waals surface area contributed by atoms with Gasteiger partial charge >= 0.3 is 5.97 Å². The van der Waals surface area contributed by atoms with Crippen LogP contribution in [0.1, 0.15) is 21.5 Å². The van der Waals surface area contributed by atoms with Crippen LogP contribution in [0, 0.1) is 0 Å². The minimum Gasteiger partial charge on any atom is -0.478 e. The monoisotopic (exact) mass is 425 g/mol. The van der Waals surface area contributed by atoms with Crippen molar-refractivity contribution in [3.63, 3.8) is 0 Å². The molecule has 0 atom stereocenters. The molecule has 5 aromatic rings. The SMILES string of the molecule is Cn1c(=O)c(Cc2ccc(C(=O)O)cc2)cc2cnc(Nc3ccc4[nH]ccc4c3)nc21. The van der Waals surface area contributed by atoms with E-state index in [0.29, 0.717) is 23.6 Å². The summed E-state index contributed by atoms with van der Waals surface area (Å²) < 4.78 is 1.51. The Balaban J connectivity index is 1.45. The molecule has 3 heterocycles. The molecule has 0 bridgehead atoms. The maximum Gasteiger partial charge on any atom is 0.335 e. The molecule has 0 aliphatic carbocycles. The lowest BCUT2D eigenvalue weighted by Crippen LogP contribution is -2.22. The smallest absolute Gasteiger partial charge is 0.335 e. The fourth-order valence-corrected chi connectivity index (χ4v) is 3.75. The van der Waals surface area contributed by atoms with E-state index in [1.54, 1.807) is 31.4 Å². The molecule has 0 aliphatic rings. The molecule has 0 unspecified atom stereocenters. The molecule has 8 nitrogen and oxygen atoms in total. The van der Waals surface area contributed by atoms with Crippen LogP contribution in [0.5, 0.6) is 0 Å². The lowest BCUT2D eigenvalue weighted by molar-refractivity contribution is 0.0697. The van der Waals surface area contributed by atoms with Gasteiger partial charge in [0.05, 0.1) is 5.56 Å². The number of rotatable bonds is 5. The number of nitrogens with zero attached hydrogens (tertiary/aromatic N) is 3. The topological polar surface area (TPSA) is 113 Å². The van der Waals surface area contributed by atoms with E-state index >= 15 is 0 Å². The summed E-state index contributed by atoms with van der Waals surface area (Å²) in [7, 11) is 1.68. The zero-order valence-corrected chi connectivity index (χ0v) is 17.2. The molecule has 0 spiro atoms. The van der Waals surface area contributed by atoms with Crippen LogP contribution in [0.15, 0.2) is 71.8 Å². The zero-order valence-electron chi connectivity index (χ0n) is 17.2. The Kier molecular flexibility index (Phi) is 4.67. The van der Waals surface area contributed by atoms with Crippen molar-refractivity contribution in [2.45, 2.75) is 6.42 Å². The van der Waals surface area contributed by atoms with Crippen LogP contribution in [0.4, 0.5) is 11.6 Å². The van der Waals surface area contributed by atoms with Crippen molar-refractivity contribution < 1.29 is 9.90 Å². The maximum absolute atomic E-state index is 12.9. The van der Waals surface area contributed by atoms with Crippen LogP contribution >= 0.6 is 0 Å². The highest BCUT2D eigenvalue weighted by atomic mass is 16.4. The van der Waals surface area contributed by atoms with Gasteiger partial charge in [-0.05, 0) is 48.0 Å². The Morgan fingerprint density at radius 1 is 1.09 bits per heavy atom. The Hall–Kier alpha value is -4.46. The van der Waals surface area contributed by atoms with Gasteiger partial charge in [-0.2, -0.15) is 4.98 Å². The van der Waals surface area contributed by atoms with Crippen molar-refractivity contribution in [3.05, 3.63) is 94.0 Å². The summed E-state index contributed by atoms with van der Waals surface area (Å²) in [6.07, 6.45) is 3.96. The van der Waals surface area contributed by atoms with Gasteiger partial charge in [-0.15, -0.1) is 0 Å². The van der Waals surface area contributed by atoms with Crippen LogP contribution in [-0.2, 0) is 13.5 Å². The Labute approximate surface area is 182 Å². The third-order valence-corrected chi connectivity index (χ3v) is 5.43. The molecule has 0 radical (unpaired) electrons. The van der Waals surface area contributed by atoms with Crippen molar-refractivity contribution in [3.8, 4) is 0 Å². The number of anilines is 2. The number of H-pyrrole nitrogens is 1. The van der Waals surface area contributed by atoms with Crippen molar-refractivity contribution in [1.29, 1.82) is 0 Å². The number of aryl methyl sites for hydroxylation is 1. The number of carboxylic acids is 1. The van der Waals surface area contributed by atoms with Gasteiger partial charge in [0.1, 0.15) is 5.65 Å². The van der Waals surface area contributed by atoms with Crippen molar-refractivity contribution in [1.82, 2.24) is 19.5 Å². The fourth-order valence-electron chi connectivity index (χ4n) is 3.75. The van der Waals surface area contributed by atoms with E-state index in [9.17, 15) is 9.59 Å². The normalized spacial score (nSPS) is 11.2. The second-order valence-corrected chi connectivity index (χ2v) is 7.59. The number of carboxylic acid groups (broad SMARTS) is 1. The molecule has 0 fully saturated rings.